The highest BCUT2D eigenvalue weighted by molar-refractivity contribution is 5.76. The first kappa shape index (κ1) is 18.8. The second kappa shape index (κ2) is 9.72. The number of methoxy groups -OCH3 is 2. The molecule has 0 saturated carbocycles. The van der Waals surface area contributed by atoms with Gasteiger partial charge in [-0.1, -0.05) is 36.4 Å². The van der Waals surface area contributed by atoms with Crippen molar-refractivity contribution in [2.24, 2.45) is 0 Å². The van der Waals surface area contributed by atoms with E-state index in [1.807, 2.05) is 43.3 Å². The Morgan fingerprint density at radius 1 is 0.960 bits per heavy atom. The average molecular weight is 341 g/mol. The molecule has 4 nitrogen and oxygen atoms in total. The number of carbonyl (C=O) groups excluding carboxylic acids is 1. The molecule has 1 amide bonds. The van der Waals surface area contributed by atoms with Gasteiger partial charge >= 0.3 is 0 Å². The normalized spacial score (nSPS) is 11.6. The third-order valence-corrected chi connectivity index (χ3v) is 4.25. The summed E-state index contributed by atoms with van der Waals surface area (Å²) >= 11 is 0. The van der Waals surface area contributed by atoms with E-state index < -0.39 is 0 Å². The summed E-state index contributed by atoms with van der Waals surface area (Å²) in [5.41, 5.74) is 2.22. The first-order chi connectivity index (χ1) is 12.1. The summed E-state index contributed by atoms with van der Waals surface area (Å²) in [4.78, 5) is 12.2. The molecule has 0 bridgehead atoms. The minimum absolute atomic E-state index is 0.0496. The molecule has 0 aromatic heterocycles. The number of benzene rings is 2. The molecule has 0 fully saturated rings. The van der Waals surface area contributed by atoms with Crippen LogP contribution in [-0.2, 0) is 17.6 Å². The van der Waals surface area contributed by atoms with Gasteiger partial charge in [-0.25, -0.2) is 0 Å². The number of hydrogen-bond donors (Lipinski definition) is 1. The maximum atomic E-state index is 12.2. The second-order valence-corrected chi connectivity index (χ2v) is 6.13. The first-order valence-electron chi connectivity index (χ1n) is 8.67. The Hall–Kier alpha value is -2.49. The summed E-state index contributed by atoms with van der Waals surface area (Å²) in [6.07, 6.45) is 2.88. The Labute approximate surface area is 150 Å². The van der Waals surface area contributed by atoms with E-state index in [0.29, 0.717) is 12.8 Å². The fourth-order valence-corrected chi connectivity index (χ4v) is 2.86. The minimum Gasteiger partial charge on any atom is -0.496 e. The number of rotatable bonds is 9. The second-order valence-electron chi connectivity index (χ2n) is 6.13. The fourth-order valence-electron chi connectivity index (χ4n) is 2.86. The van der Waals surface area contributed by atoms with Crippen LogP contribution < -0.4 is 14.8 Å². The molecule has 25 heavy (non-hydrogen) atoms. The van der Waals surface area contributed by atoms with E-state index in [1.54, 1.807) is 14.2 Å². The molecule has 0 spiro atoms. The van der Waals surface area contributed by atoms with E-state index in [-0.39, 0.29) is 11.9 Å². The van der Waals surface area contributed by atoms with Gasteiger partial charge in [0, 0.05) is 18.0 Å². The summed E-state index contributed by atoms with van der Waals surface area (Å²) in [6.45, 7) is 2.05. The van der Waals surface area contributed by atoms with Crippen LogP contribution >= 0.6 is 0 Å². The first-order valence-corrected chi connectivity index (χ1v) is 8.67. The van der Waals surface area contributed by atoms with Crippen molar-refractivity contribution in [1.29, 1.82) is 0 Å². The molecule has 0 aliphatic rings. The summed E-state index contributed by atoms with van der Waals surface area (Å²) < 4.78 is 10.8. The van der Waals surface area contributed by atoms with Crippen molar-refractivity contribution in [1.82, 2.24) is 5.32 Å². The van der Waals surface area contributed by atoms with E-state index in [9.17, 15) is 4.79 Å². The molecule has 4 heteroatoms. The lowest BCUT2D eigenvalue weighted by molar-refractivity contribution is -0.121. The van der Waals surface area contributed by atoms with E-state index in [2.05, 4.69) is 17.4 Å². The molecule has 134 valence electrons. The number of hydrogen-bond acceptors (Lipinski definition) is 3. The quantitative estimate of drug-likeness (QED) is 0.755. The van der Waals surface area contributed by atoms with E-state index in [4.69, 9.17) is 9.47 Å². The molecule has 1 atom stereocenters. The Morgan fingerprint density at radius 3 is 2.20 bits per heavy atom. The van der Waals surface area contributed by atoms with Crippen molar-refractivity contribution in [2.45, 2.75) is 38.6 Å². The van der Waals surface area contributed by atoms with Crippen LogP contribution in [0.25, 0.3) is 0 Å². The molecule has 0 heterocycles. The van der Waals surface area contributed by atoms with Crippen LogP contribution in [0.4, 0.5) is 0 Å². The number of amides is 1. The van der Waals surface area contributed by atoms with Crippen LogP contribution in [0.1, 0.15) is 30.9 Å². The van der Waals surface area contributed by atoms with Gasteiger partial charge in [0.2, 0.25) is 5.91 Å². The van der Waals surface area contributed by atoms with Gasteiger partial charge in [-0.3, -0.25) is 4.79 Å². The zero-order chi connectivity index (χ0) is 18.1. The van der Waals surface area contributed by atoms with Crippen LogP contribution in [0.3, 0.4) is 0 Å². The lowest BCUT2D eigenvalue weighted by atomic mass is 10.0. The SMILES string of the molecule is COc1cccc(OC)c1CCC(=O)N[C@@H](C)CCc1ccccc1. The van der Waals surface area contributed by atoms with Gasteiger partial charge in [-0.2, -0.15) is 0 Å². The van der Waals surface area contributed by atoms with Crippen LogP contribution in [0.5, 0.6) is 11.5 Å². The van der Waals surface area contributed by atoms with E-state index >= 15 is 0 Å². The average Bonchev–Trinajstić information content (AvgIpc) is 2.65. The maximum Gasteiger partial charge on any atom is 0.220 e. The molecule has 0 saturated heterocycles. The highest BCUT2D eigenvalue weighted by Gasteiger charge is 2.13. The molecule has 0 radical (unpaired) electrons. The van der Waals surface area contributed by atoms with Crippen LogP contribution in [-0.4, -0.2) is 26.2 Å². The van der Waals surface area contributed by atoms with Crippen LogP contribution in [0, 0.1) is 0 Å². The van der Waals surface area contributed by atoms with Crippen LogP contribution in [0.15, 0.2) is 48.5 Å². The van der Waals surface area contributed by atoms with Gasteiger partial charge in [0.25, 0.3) is 0 Å². The van der Waals surface area contributed by atoms with Crippen LogP contribution in [0.2, 0.25) is 0 Å². The van der Waals surface area contributed by atoms with Crippen molar-refractivity contribution in [3.63, 3.8) is 0 Å². The van der Waals surface area contributed by atoms with E-state index in [1.165, 1.54) is 5.56 Å². The molecule has 0 aliphatic heterocycles. The fraction of sp³-hybridized carbons (Fsp3) is 0.381. The Bertz CT molecular complexity index is 648. The van der Waals surface area contributed by atoms with Crippen molar-refractivity contribution < 1.29 is 14.3 Å². The van der Waals surface area contributed by atoms with Crippen molar-refractivity contribution in [2.75, 3.05) is 14.2 Å². The summed E-state index contributed by atoms with van der Waals surface area (Å²) in [6, 6.07) is 16.1. The van der Waals surface area contributed by atoms with Gasteiger partial charge in [0.05, 0.1) is 14.2 Å². The predicted molar refractivity (Wildman–Crippen MR) is 100 cm³/mol. The molecular formula is C21H27NO3. The third-order valence-electron chi connectivity index (χ3n) is 4.25. The van der Waals surface area contributed by atoms with Gasteiger partial charge in [0.15, 0.2) is 0 Å². The van der Waals surface area contributed by atoms with Gasteiger partial charge in [-0.05, 0) is 43.9 Å². The molecule has 2 aromatic rings. The number of aryl methyl sites for hydroxylation is 1. The third kappa shape index (κ3) is 5.82. The largest absolute Gasteiger partial charge is 0.496 e. The number of ether oxygens (including phenoxy) is 2. The minimum atomic E-state index is 0.0496. The number of carbonyl (C=O) groups is 1. The van der Waals surface area contributed by atoms with Crippen molar-refractivity contribution in [3.8, 4) is 11.5 Å². The zero-order valence-electron chi connectivity index (χ0n) is 15.2. The Morgan fingerprint density at radius 2 is 1.60 bits per heavy atom. The summed E-state index contributed by atoms with van der Waals surface area (Å²) in [7, 11) is 3.26. The molecular weight excluding hydrogens is 314 g/mol. The summed E-state index contributed by atoms with van der Waals surface area (Å²) in [5, 5.41) is 3.07. The lowest BCUT2D eigenvalue weighted by Gasteiger charge is -2.15. The monoisotopic (exact) mass is 341 g/mol. The van der Waals surface area contributed by atoms with Crippen molar-refractivity contribution >= 4 is 5.91 Å². The van der Waals surface area contributed by atoms with Gasteiger partial charge < -0.3 is 14.8 Å². The molecule has 2 rings (SSSR count). The highest BCUT2D eigenvalue weighted by atomic mass is 16.5. The van der Waals surface area contributed by atoms with Crippen molar-refractivity contribution in [3.05, 3.63) is 59.7 Å². The Kier molecular flexibility index (Phi) is 7.33. The predicted octanol–water partition coefficient (Wildman–Crippen LogP) is 3.77. The molecule has 1 N–H and O–H groups in total. The highest BCUT2D eigenvalue weighted by Crippen LogP contribution is 2.29. The standard InChI is InChI=1S/C21H27NO3/c1-16(12-13-17-8-5-4-6-9-17)22-21(23)15-14-18-19(24-2)10-7-11-20(18)25-3/h4-11,16H,12-15H2,1-3H3,(H,22,23)/t16-/m0/s1. The number of nitrogens with one attached hydrogen (secondary N) is 1. The summed E-state index contributed by atoms with van der Waals surface area (Å²) in [5.74, 6) is 1.56. The lowest BCUT2D eigenvalue weighted by Crippen LogP contribution is -2.33. The molecule has 0 unspecified atom stereocenters. The zero-order valence-corrected chi connectivity index (χ0v) is 15.2. The maximum absolute atomic E-state index is 12.2. The topological polar surface area (TPSA) is 47.6 Å². The molecule has 0 aliphatic carbocycles. The smallest absolute Gasteiger partial charge is 0.220 e. The van der Waals surface area contributed by atoms with Gasteiger partial charge in [0.1, 0.15) is 11.5 Å². The molecule has 2 aromatic carbocycles. The van der Waals surface area contributed by atoms with Gasteiger partial charge in [-0.15, -0.1) is 0 Å². The Balaban J connectivity index is 1.82. The van der Waals surface area contributed by atoms with E-state index in [0.717, 1.165) is 29.9 Å².